The number of hydrogen-bond acceptors (Lipinski definition) is 9. The van der Waals surface area contributed by atoms with Crippen molar-refractivity contribution in [3.05, 3.63) is 53.5 Å². The maximum atomic E-state index is 6.74. The lowest BCUT2D eigenvalue weighted by Gasteiger charge is -2.22. The summed E-state index contributed by atoms with van der Waals surface area (Å²) in [7, 11) is 1.85. The maximum Gasteiger partial charge on any atom is 0.210 e. The molecule has 1 aliphatic rings. The van der Waals surface area contributed by atoms with Crippen molar-refractivity contribution in [2.24, 2.45) is 12.8 Å². The fraction of sp³-hybridized carbons (Fsp3) is 0.375. The van der Waals surface area contributed by atoms with Gasteiger partial charge in [-0.15, -0.1) is 0 Å². The molecular formula is C24H28ClN9O2. The van der Waals surface area contributed by atoms with Gasteiger partial charge in [0.15, 0.2) is 23.0 Å². The topological polar surface area (TPSA) is 131 Å². The van der Waals surface area contributed by atoms with Gasteiger partial charge in [-0.3, -0.25) is 9.67 Å². The molecule has 4 aromatic heterocycles. The second-order valence-corrected chi connectivity index (χ2v) is 9.96. The first-order valence-electron chi connectivity index (χ1n) is 11.6. The molecule has 4 aromatic rings. The first kappa shape index (κ1) is 24.0. The van der Waals surface area contributed by atoms with Crippen molar-refractivity contribution in [2.45, 2.75) is 38.6 Å². The van der Waals surface area contributed by atoms with Crippen LogP contribution in [0.25, 0.3) is 16.9 Å². The van der Waals surface area contributed by atoms with Crippen molar-refractivity contribution in [1.29, 1.82) is 0 Å². The first-order chi connectivity index (χ1) is 17.3. The molecule has 0 spiro atoms. The van der Waals surface area contributed by atoms with Crippen LogP contribution in [0.5, 0.6) is 5.75 Å². The fourth-order valence-electron chi connectivity index (χ4n) is 4.14. The average Bonchev–Trinajstić information content (AvgIpc) is 3.59. The quantitative estimate of drug-likeness (QED) is 0.371. The Balaban J connectivity index is 1.47. The van der Waals surface area contributed by atoms with E-state index in [2.05, 4.69) is 56.8 Å². The Morgan fingerprint density at radius 1 is 1.28 bits per heavy atom. The van der Waals surface area contributed by atoms with Crippen molar-refractivity contribution in [3.8, 4) is 5.75 Å². The Morgan fingerprint density at radius 2 is 2.11 bits per heavy atom. The first-order valence-corrected chi connectivity index (χ1v) is 12.0. The van der Waals surface area contributed by atoms with Gasteiger partial charge in [0.05, 0.1) is 25.0 Å². The summed E-state index contributed by atoms with van der Waals surface area (Å²) in [4.78, 5) is 17.3. The predicted octanol–water partition coefficient (Wildman–Crippen LogP) is 3.95. The van der Waals surface area contributed by atoms with E-state index in [9.17, 15) is 0 Å². The molecule has 1 saturated heterocycles. The summed E-state index contributed by atoms with van der Waals surface area (Å²) in [5, 5.41) is 8.52. The van der Waals surface area contributed by atoms with Crippen LogP contribution >= 0.6 is 11.6 Å². The second-order valence-electron chi connectivity index (χ2n) is 9.58. The van der Waals surface area contributed by atoms with Crippen molar-refractivity contribution >= 4 is 40.3 Å². The zero-order valence-corrected chi connectivity index (χ0v) is 21.3. The lowest BCUT2D eigenvalue weighted by molar-refractivity contribution is 0.183. The normalized spacial score (nSPS) is 16.6. The minimum absolute atomic E-state index is 0.0870. The van der Waals surface area contributed by atoms with Gasteiger partial charge in [0.25, 0.3) is 0 Å². The molecule has 11 nitrogen and oxygen atoms in total. The fourth-order valence-corrected chi connectivity index (χ4v) is 4.43. The molecule has 3 N–H and O–H groups in total. The molecule has 5 heterocycles. The highest BCUT2D eigenvalue weighted by Crippen LogP contribution is 2.36. The molecule has 0 aromatic carbocycles. The number of halogens is 1. The molecule has 0 saturated carbocycles. The van der Waals surface area contributed by atoms with Crippen LogP contribution in [0, 0.1) is 0 Å². The molecule has 1 aliphatic heterocycles. The highest BCUT2D eigenvalue weighted by atomic mass is 35.5. The van der Waals surface area contributed by atoms with Crippen molar-refractivity contribution in [1.82, 2.24) is 34.3 Å². The van der Waals surface area contributed by atoms with Crippen LogP contribution in [-0.4, -0.2) is 47.5 Å². The summed E-state index contributed by atoms with van der Waals surface area (Å²) < 4.78 is 15.4. The van der Waals surface area contributed by atoms with Crippen molar-refractivity contribution in [3.63, 3.8) is 0 Å². The number of ether oxygens (including phenoxy) is 2. The molecule has 0 amide bonds. The minimum atomic E-state index is -0.0870. The average molecular weight is 510 g/mol. The highest BCUT2D eigenvalue weighted by molar-refractivity contribution is 6.36. The van der Waals surface area contributed by atoms with Crippen molar-refractivity contribution < 1.29 is 9.47 Å². The molecule has 0 aliphatic carbocycles. The van der Waals surface area contributed by atoms with Crippen LogP contribution in [0.1, 0.15) is 44.6 Å². The van der Waals surface area contributed by atoms with E-state index in [-0.39, 0.29) is 11.5 Å². The van der Waals surface area contributed by atoms with Gasteiger partial charge >= 0.3 is 0 Å². The van der Waals surface area contributed by atoms with Crippen LogP contribution in [0.2, 0.25) is 5.02 Å². The molecule has 0 radical (unpaired) electrons. The number of nitrogens with one attached hydrogen (secondary N) is 1. The number of fused-ring (bicyclic) bond motifs is 1. The Hall–Kier alpha value is -3.70. The van der Waals surface area contributed by atoms with Gasteiger partial charge in [-0.1, -0.05) is 32.4 Å². The van der Waals surface area contributed by atoms with E-state index in [4.69, 9.17) is 31.9 Å². The number of nitrogens with two attached hydrogens (primary N) is 1. The lowest BCUT2D eigenvalue weighted by atomic mass is 9.91. The Kier molecular flexibility index (Phi) is 6.27. The Bertz CT molecular complexity index is 1420. The molecule has 1 fully saturated rings. The monoisotopic (exact) mass is 509 g/mol. The van der Waals surface area contributed by atoms with Gasteiger partial charge in [0.1, 0.15) is 16.2 Å². The van der Waals surface area contributed by atoms with E-state index in [1.165, 1.54) is 12.4 Å². The van der Waals surface area contributed by atoms with E-state index in [0.29, 0.717) is 51.8 Å². The summed E-state index contributed by atoms with van der Waals surface area (Å²) in [6.45, 7) is 7.92. The summed E-state index contributed by atoms with van der Waals surface area (Å²) in [6.07, 6.45) is 8.42. The maximum absolute atomic E-state index is 6.74. The zero-order valence-electron chi connectivity index (χ0n) is 20.6. The highest BCUT2D eigenvalue weighted by Gasteiger charge is 2.28. The van der Waals surface area contributed by atoms with Gasteiger partial charge in [-0.25, -0.2) is 9.97 Å². The van der Waals surface area contributed by atoms with E-state index in [1.54, 1.807) is 18.6 Å². The summed E-state index contributed by atoms with van der Waals surface area (Å²) in [5.74, 6) is 1.87. The van der Waals surface area contributed by atoms with Gasteiger partial charge in [-0.05, 0) is 6.42 Å². The molecule has 12 heteroatoms. The number of rotatable bonds is 6. The smallest absolute Gasteiger partial charge is 0.210 e. The van der Waals surface area contributed by atoms with Gasteiger partial charge in [0.2, 0.25) is 5.95 Å². The van der Waals surface area contributed by atoms with E-state index >= 15 is 0 Å². The van der Waals surface area contributed by atoms with Crippen LogP contribution in [0.3, 0.4) is 0 Å². The summed E-state index contributed by atoms with van der Waals surface area (Å²) >= 11 is 6.74. The van der Waals surface area contributed by atoms with E-state index in [0.717, 1.165) is 18.7 Å². The third-order valence-corrected chi connectivity index (χ3v) is 6.35. The van der Waals surface area contributed by atoms with Crippen LogP contribution in [-0.2, 0) is 17.2 Å². The number of pyridine rings is 1. The molecule has 1 atom stereocenters. The van der Waals surface area contributed by atoms with Crippen molar-refractivity contribution in [2.75, 3.05) is 18.5 Å². The van der Waals surface area contributed by atoms with Crippen LogP contribution in [0.4, 0.5) is 11.8 Å². The summed E-state index contributed by atoms with van der Waals surface area (Å²) in [5.41, 5.74) is 8.34. The largest absolute Gasteiger partial charge is 0.450 e. The molecule has 36 heavy (non-hydrogen) atoms. The van der Waals surface area contributed by atoms with E-state index in [1.807, 2.05) is 11.6 Å². The van der Waals surface area contributed by atoms with Gasteiger partial charge in [0, 0.05) is 49.4 Å². The minimum Gasteiger partial charge on any atom is -0.450 e. The predicted molar refractivity (Wildman–Crippen MR) is 137 cm³/mol. The number of aryl methyl sites for hydroxylation is 1. The van der Waals surface area contributed by atoms with Gasteiger partial charge in [-0.2, -0.15) is 10.1 Å². The lowest BCUT2D eigenvalue weighted by Crippen LogP contribution is -2.22. The van der Waals surface area contributed by atoms with Gasteiger partial charge < -0.3 is 25.1 Å². The van der Waals surface area contributed by atoms with Crippen LogP contribution in [0.15, 0.2) is 37.1 Å². The van der Waals surface area contributed by atoms with E-state index < -0.39 is 0 Å². The van der Waals surface area contributed by atoms with Crippen LogP contribution < -0.4 is 15.8 Å². The number of aromatic nitrogens is 7. The number of imidazole rings is 1. The third kappa shape index (κ3) is 4.47. The Labute approximate surface area is 213 Å². The molecule has 5 rings (SSSR count). The second kappa shape index (κ2) is 9.40. The molecule has 0 unspecified atom stereocenters. The number of anilines is 2. The molecule has 0 bridgehead atoms. The number of nitrogens with zero attached hydrogens (tertiary/aromatic N) is 7. The SMILES string of the molecule is Cn1c(Nc2cc(C(C)(C)C)n([C@H]3CCOC3)n2)nc2ncc(OC(=CN)c3cnccn3)c(Cl)c21. The molecular weight excluding hydrogens is 482 g/mol. The Morgan fingerprint density at radius 3 is 2.78 bits per heavy atom. The third-order valence-electron chi connectivity index (χ3n) is 5.99. The standard InChI is InChI=1S/C24H28ClN9O2/c1-24(2,3)18-9-19(32-34(18)14-5-8-35-13-14)30-23-31-22-21(33(23)4)20(25)17(12-29-22)36-16(10-26)15-11-27-6-7-28-15/h6-7,9-12,14H,5,8,13,26H2,1-4H3,(H,29,30,31,32)/t14-/m0/s1. The molecule has 188 valence electrons. The summed E-state index contributed by atoms with van der Waals surface area (Å²) in [6, 6.07) is 2.27. The zero-order chi connectivity index (χ0) is 25.4. The number of hydrogen-bond donors (Lipinski definition) is 2.